The Bertz CT molecular complexity index is 1540. The lowest BCUT2D eigenvalue weighted by molar-refractivity contribution is 0.0731. The van der Waals surface area contributed by atoms with E-state index in [9.17, 15) is 4.79 Å². The summed E-state index contributed by atoms with van der Waals surface area (Å²) in [4.78, 5) is 31.1. The summed E-state index contributed by atoms with van der Waals surface area (Å²) < 4.78 is 22.2. The van der Waals surface area contributed by atoms with Crippen LogP contribution in [0.2, 0.25) is 0 Å². The van der Waals surface area contributed by atoms with Crippen LogP contribution in [0.1, 0.15) is 15.9 Å². The van der Waals surface area contributed by atoms with Gasteiger partial charge in [-0.3, -0.25) is 0 Å². The molecule has 12 nitrogen and oxygen atoms in total. The molecule has 2 aliphatic rings. The van der Waals surface area contributed by atoms with Gasteiger partial charge < -0.3 is 28.7 Å². The van der Waals surface area contributed by atoms with Gasteiger partial charge in [0.25, 0.3) is 0 Å². The Balaban J connectivity index is 1.18. The van der Waals surface area contributed by atoms with Crippen molar-refractivity contribution in [2.75, 3.05) is 74.9 Å². The van der Waals surface area contributed by atoms with Crippen molar-refractivity contribution in [3.63, 3.8) is 0 Å². The number of methoxy groups -OCH3 is 1. The van der Waals surface area contributed by atoms with Crippen LogP contribution in [0.15, 0.2) is 65.8 Å². The summed E-state index contributed by atoms with van der Waals surface area (Å²) in [7, 11) is 1.52. The normalized spacial score (nSPS) is 15.6. The maximum absolute atomic E-state index is 13.0. The zero-order valence-electron chi connectivity index (χ0n) is 23.2. The van der Waals surface area contributed by atoms with Crippen molar-refractivity contribution >= 4 is 40.8 Å². The van der Waals surface area contributed by atoms with E-state index in [1.54, 1.807) is 30.5 Å². The van der Waals surface area contributed by atoms with Gasteiger partial charge in [-0.25, -0.2) is 10.2 Å². The minimum absolute atomic E-state index is 0.309. The SMILES string of the molecule is COc1cc(C=NNc2nc(N3CCOCC3)nc(N3CCOCC3)n2)ccc1OC(=O)c1cccc2ccccc12. The van der Waals surface area contributed by atoms with Crippen molar-refractivity contribution in [1.29, 1.82) is 0 Å². The number of nitrogens with one attached hydrogen (secondary N) is 1. The number of hydrogen-bond donors (Lipinski definition) is 1. The van der Waals surface area contributed by atoms with Crippen LogP contribution in [-0.2, 0) is 9.47 Å². The molecule has 216 valence electrons. The monoisotopic (exact) mass is 569 g/mol. The topological polar surface area (TPSA) is 124 Å². The summed E-state index contributed by atoms with van der Waals surface area (Å²) in [5.41, 5.74) is 4.14. The molecule has 3 heterocycles. The molecule has 0 radical (unpaired) electrons. The summed E-state index contributed by atoms with van der Waals surface area (Å²) >= 11 is 0. The van der Waals surface area contributed by atoms with Crippen molar-refractivity contribution in [3.05, 3.63) is 71.8 Å². The van der Waals surface area contributed by atoms with Gasteiger partial charge in [-0.2, -0.15) is 20.1 Å². The first-order chi connectivity index (χ1) is 20.7. The zero-order valence-corrected chi connectivity index (χ0v) is 23.2. The standard InChI is InChI=1S/C30H31N7O5/c1-39-26-19-21(9-10-25(26)42-27(38)24-8-4-6-22-5-2-3-7-23(22)24)20-31-35-28-32-29(36-11-15-40-16-12-36)34-30(33-28)37-13-17-41-18-14-37/h2-10,19-20H,11-18H2,1H3,(H,32,33,34,35). The van der Waals surface area contributed by atoms with Crippen LogP contribution in [0.25, 0.3) is 10.8 Å². The number of hydrogen-bond acceptors (Lipinski definition) is 12. The number of carbonyl (C=O) groups is 1. The average Bonchev–Trinajstić information content (AvgIpc) is 3.05. The van der Waals surface area contributed by atoms with Crippen molar-refractivity contribution in [2.24, 2.45) is 5.10 Å². The lowest BCUT2D eigenvalue weighted by Crippen LogP contribution is -2.40. The molecular formula is C30H31N7O5. The Morgan fingerprint density at radius 2 is 1.52 bits per heavy atom. The van der Waals surface area contributed by atoms with Crippen molar-refractivity contribution in [1.82, 2.24) is 15.0 Å². The van der Waals surface area contributed by atoms with Crippen LogP contribution in [0.5, 0.6) is 11.5 Å². The number of ether oxygens (including phenoxy) is 4. The molecular weight excluding hydrogens is 538 g/mol. The van der Waals surface area contributed by atoms with Crippen molar-refractivity contribution in [3.8, 4) is 11.5 Å². The van der Waals surface area contributed by atoms with E-state index in [1.165, 1.54) is 7.11 Å². The number of benzene rings is 3. The molecule has 0 unspecified atom stereocenters. The highest BCUT2D eigenvalue weighted by molar-refractivity contribution is 6.05. The first-order valence-electron chi connectivity index (χ1n) is 13.8. The summed E-state index contributed by atoms with van der Waals surface area (Å²) in [6, 6.07) is 18.4. The third kappa shape index (κ3) is 6.24. The fourth-order valence-corrected chi connectivity index (χ4v) is 4.79. The maximum atomic E-state index is 13.0. The van der Waals surface area contributed by atoms with Gasteiger partial charge in [-0.05, 0) is 40.6 Å². The second kappa shape index (κ2) is 12.8. The maximum Gasteiger partial charge on any atom is 0.344 e. The number of fused-ring (bicyclic) bond motifs is 1. The third-order valence-corrected chi connectivity index (χ3v) is 6.98. The molecule has 0 amide bonds. The molecule has 0 aliphatic carbocycles. The number of hydrazone groups is 1. The van der Waals surface area contributed by atoms with Gasteiger partial charge in [-0.15, -0.1) is 0 Å². The van der Waals surface area contributed by atoms with E-state index in [2.05, 4.69) is 30.3 Å². The molecule has 1 aromatic heterocycles. The first-order valence-corrected chi connectivity index (χ1v) is 13.8. The molecule has 2 saturated heterocycles. The smallest absolute Gasteiger partial charge is 0.344 e. The molecule has 6 rings (SSSR count). The third-order valence-electron chi connectivity index (χ3n) is 6.98. The van der Waals surface area contributed by atoms with Crippen LogP contribution in [0, 0.1) is 0 Å². The van der Waals surface area contributed by atoms with Gasteiger partial charge in [0.05, 0.1) is 45.3 Å². The van der Waals surface area contributed by atoms with E-state index in [-0.39, 0.29) is 0 Å². The number of nitrogens with zero attached hydrogens (tertiary/aromatic N) is 6. The zero-order chi connectivity index (χ0) is 28.7. The number of anilines is 3. The molecule has 0 spiro atoms. The van der Waals surface area contributed by atoms with E-state index >= 15 is 0 Å². The van der Waals surface area contributed by atoms with Gasteiger partial charge in [0, 0.05) is 26.2 Å². The van der Waals surface area contributed by atoms with Crippen molar-refractivity contribution < 1.29 is 23.7 Å². The van der Waals surface area contributed by atoms with E-state index in [0.29, 0.717) is 87.5 Å². The van der Waals surface area contributed by atoms with E-state index in [4.69, 9.17) is 23.9 Å². The Kier molecular flexibility index (Phi) is 8.33. The Morgan fingerprint density at radius 3 is 2.21 bits per heavy atom. The minimum Gasteiger partial charge on any atom is -0.493 e. The van der Waals surface area contributed by atoms with Crippen LogP contribution in [0.4, 0.5) is 17.8 Å². The molecule has 12 heteroatoms. The van der Waals surface area contributed by atoms with Crippen LogP contribution >= 0.6 is 0 Å². The Labute approximate surface area is 242 Å². The molecule has 42 heavy (non-hydrogen) atoms. The molecule has 4 aromatic rings. The number of carbonyl (C=O) groups excluding carboxylic acids is 1. The Hall–Kier alpha value is -4.81. The largest absolute Gasteiger partial charge is 0.493 e. The quantitative estimate of drug-likeness (QED) is 0.145. The number of morpholine rings is 2. The minimum atomic E-state index is -0.463. The predicted octanol–water partition coefficient (Wildman–Crippen LogP) is 3.37. The second-order valence-corrected chi connectivity index (χ2v) is 9.65. The summed E-state index contributed by atoms with van der Waals surface area (Å²) in [5.74, 6) is 1.73. The van der Waals surface area contributed by atoms with Gasteiger partial charge in [0.15, 0.2) is 11.5 Å². The molecule has 0 atom stereocenters. The number of esters is 1. The average molecular weight is 570 g/mol. The van der Waals surface area contributed by atoms with Crippen LogP contribution in [-0.4, -0.2) is 86.9 Å². The number of aromatic nitrogens is 3. The molecule has 3 aromatic carbocycles. The molecule has 0 bridgehead atoms. The molecule has 2 aliphatic heterocycles. The van der Waals surface area contributed by atoms with E-state index < -0.39 is 5.97 Å². The van der Waals surface area contributed by atoms with Gasteiger partial charge >= 0.3 is 5.97 Å². The first kappa shape index (κ1) is 27.4. The summed E-state index contributed by atoms with van der Waals surface area (Å²) in [5, 5.41) is 6.14. The Morgan fingerprint density at radius 1 is 0.857 bits per heavy atom. The molecule has 2 fully saturated rings. The highest BCUT2D eigenvalue weighted by atomic mass is 16.6. The van der Waals surface area contributed by atoms with Crippen LogP contribution < -0.4 is 24.7 Å². The fourth-order valence-electron chi connectivity index (χ4n) is 4.79. The van der Waals surface area contributed by atoms with E-state index in [0.717, 1.165) is 16.3 Å². The summed E-state index contributed by atoms with van der Waals surface area (Å²) in [6.07, 6.45) is 1.62. The lowest BCUT2D eigenvalue weighted by atomic mass is 10.0. The van der Waals surface area contributed by atoms with Gasteiger partial charge in [-0.1, -0.05) is 36.4 Å². The van der Waals surface area contributed by atoms with Gasteiger partial charge in [0.2, 0.25) is 17.8 Å². The second-order valence-electron chi connectivity index (χ2n) is 9.65. The highest BCUT2D eigenvalue weighted by Crippen LogP contribution is 2.29. The predicted molar refractivity (Wildman–Crippen MR) is 159 cm³/mol. The van der Waals surface area contributed by atoms with Crippen LogP contribution in [0.3, 0.4) is 0 Å². The fraction of sp³-hybridized carbons (Fsp3) is 0.300. The number of rotatable bonds is 8. The summed E-state index contributed by atoms with van der Waals surface area (Å²) in [6.45, 7) is 5.28. The van der Waals surface area contributed by atoms with Crippen molar-refractivity contribution in [2.45, 2.75) is 0 Å². The van der Waals surface area contributed by atoms with Gasteiger partial charge in [0.1, 0.15) is 0 Å². The molecule has 0 saturated carbocycles. The van der Waals surface area contributed by atoms with E-state index in [1.807, 2.05) is 36.4 Å². The highest BCUT2D eigenvalue weighted by Gasteiger charge is 2.21. The lowest BCUT2D eigenvalue weighted by Gasteiger charge is -2.30. The molecule has 1 N–H and O–H groups in total.